The molecule has 134 valence electrons. The van der Waals surface area contributed by atoms with Gasteiger partial charge in [0.1, 0.15) is 9.77 Å². The molecule has 5 nitrogen and oxygen atoms in total. The second-order valence-corrected chi connectivity index (χ2v) is 9.68. The summed E-state index contributed by atoms with van der Waals surface area (Å²) in [5.41, 5.74) is 1.84. The van der Waals surface area contributed by atoms with Crippen LogP contribution in [-0.4, -0.2) is 43.2 Å². The van der Waals surface area contributed by atoms with Crippen LogP contribution in [0.3, 0.4) is 0 Å². The van der Waals surface area contributed by atoms with E-state index < -0.39 is 10.0 Å². The number of aryl methyl sites for hydroxylation is 1. The molecule has 1 aromatic carbocycles. The summed E-state index contributed by atoms with van der Waals surface area (Å²) in [5.74, 6) is 1.19. The number of nitrogens with zero attached hydrogens (tertiary/aromatic N) is 1. The van der Waals surface area contributed by atoms with Gasteiger partial charge in [-0.15, -0.1) is 11.3 Å². The third-order valence-corrected chi connectivity index (χ3v) is 7.97. The number of hydrogen-bond acceptors (Lipinski definition) is 5. The number of rotatable bonds is 5. The number of thiophene rings is 1. The van der Waals surface area contributed by atoms with Crippen LogP contribution in [0.15, 0.2) is 40.6 Å². The number of nitrogens with one attached hydrogen (secondary N) is 1. The smallest absolute Gasteiger partial charge is 0.267 e. The molecule has 0 aliphatic carbocycles. The maximum atomic E-state index is 12.9. The molecule has 1 saturated heterocycles. The first-order valence-corrected chi connectivity index (χ1v) is 11.6. The zero-order valence-electron chi connectivity index (χ0n) is 13.9. The van der Waals surface area contributed by atoms with E-state index >= 15 is 0 Å². The molecule has 0 bridgehead atoms. The fraction of sp³-hybridized carbons (Fsp3) is 0.353. The molecule has 1 fully saturated rings. The largest absolute Gasteiger partial charge is 0.321 e. The van der Waals surface area contributed by atoms with E-state index in [1.165, 1.54) is 15.9 Å². The molecular formula is C17H20N2O3S3. The summed E-state index contributed by atoms with van der Waals surface area (Å²) >= 11 is 2.90. The Kier molecular flexibility index (Phi) is 5.83. The first-order chi connectivity index (χ1) is 12.0. The predicted octanol–water partition coefficient (Wildman–Crippen LogP) is 3.30. The molecule has 1 aromatic heterocycles. The van der Waals surface area contributed by atoms with Crippen LogP contribution in [0.2, 0.25) is 0 Å². The van der Waals surface area contributed by atoms with Crippen molar-refractivity contribution in [2.45, 2.75) is 18.2 Å². The van der Waals surface area contributed by atoms with Gasteiger partial charge in [0.15, 0.2) is 0 Å². The highest BCUT2D eigenvalue weighted by molar-refractivity contribution is 7.99. The van der Waals surface area contributed by atoms with Crippen molar-refractivity contribution in [2.24, 2.45) is 0 Å². The molecule has 0 radical (unpaired) electrons. The lowest BCUT2D eigenvalue weighted by molar-refractivity contribution is 0.102. The van der Waals surface area contributed by atoms with Crippen molar-refractivity contribution in [1.29, 1.82) is 0 Å². The zero-order valence-corrected chi connectivity index (χ0v) is 16.3. The van der Waals surface area contributed by atoms with Crippen molar-refractivity contribution in [3.8, 4) is 0 Å². The summed E-state index contributed by atoms with van der Waals surface area (Å²) in [4.78, 5) is 12.9. The van der Waals surface area contributed by atoms with E-state index in [0.29, 0.717) is 18.8 Å². The molecule has 25 heavy (non-hydrogen) atoms. The molecular weight excluding hydrogens is 376 g/mol. The van der Waals surface area contributed by atoms with E-state index in [0.717, 1.165) is 29.3 Å². The van der Waals surface area contributed by atoms with Crippen molar-refractivity contribution in [1.82, 2.24) is 4.31 Å². The number of carbonyl (C=O) groups is 1. The molecule has 3 rings (SSSR count). The Bertz CT molecular complexity index is 838. The van der Waals surface area contributed by atoms with Gasteiger partial charge in [-0.1, -0.05) is 19.1 Å². The second kappa shape index (κ2) is 7.90. The fourth-order valence-corrected chi connectivity index (χ4v) is 6.48. The SMILES string of the molecule is CCc1ccc(NC(=O)c2sccc2S(=O)(=O)N2CCSCC2)cc1. The summed E-state index contributed by atoms with van der Waals surface area (Å²) in [6.07, 6.45) is 0.926. The van der Waals surface area contributed by atoms with Crippen LogP contribution >= 0.6 is 23.1 Å². The van der Waals surface area contributed by atoms with Gasteiger partial charge >= 0.3 is 0 Å². The lowest BCUT2D eigenvalue weighted by atomic mass is 10.1. The van der Waals surface area contributed by atoms with Gasteiger partial charge in [0.05, 0.1) is 0 Å². The lowest BCUT2D eigenvalue weighted by Gasteiger charge is -2.25. The quantitative estimate of drug-likeness (QED) is 0.842. The first kappa shape index (κ1) is 18.4. The Morgan fingerprint density at radius 2 is 1.84 bits per heavy atom. The highest BCUT2D eigenvalue weighted by atomic mass is 32.2. The van der Waals surface area contributed by atoms with E-state index in [-0.39, 0.29) is 15.7 Å². The topological polar surface area (TPSA) is 66.5 Å². The molecule has 1 aliphatic rings. The normalized spacial score (nSPS) is 15.9. The monoisotopic (exact) mass is 396 g/mol. The van der Waals surface area contributed by atoms with Gasteiger partial charge in [-0.2, -0.15) is 16.1 Å². The number of sulfonamides is 1. The van der Waals surface area contributed by atoms with Crippen LogP contribution in [0.4, 0.5) is 5.69 Å². The average Bonchev–Trinajstić information content (AvgIpc) is 3.14. The third-order valence-electron chi connectivity index (χ3n) is 4.04. The Morgan fingerprint density at radius 1 is 1.16 bits per heavy atom. The minimum Gasteiger partial charge on any atom is -0.321 e. The molecule has 1 N–H and O–H groups in total. The van der Waals surface area contributed by atoms with Crippen LogP contribution in [0.1, 0.15) is 22.2 Å². The molecule has 1 aliphatic heterocycles. The van der Waals surface area contributed by atoms with Crippen LogP contribution in [-0.2, 0) is 16.4 Å². The van der Waals surface area contributed by atoms with Gasteiger partial charge in [0.2, 0.25) is 10.0 Å². The second-order valence-electron chi connectivity index (χ2n) is 5.64. The molecule has 0 spiro atoms. The van der Waals surface area contributed by atoms with Crippen molar-refractivity contribution in [3.05, 3.63) is 46.2 Å². The number of carbonyl (C=O) groups excluding carboxylic acids is 1. The van der Waals surface area contributed by atoms with E-state index in [9.17, 15) is 13.2 Å². The Labute approximate surface area is 156 Å². The highest BCUT2D eigenvalue weighted by Crippen LogP contribution is 2.28. The summed E-state index contributed by atoms with van der Waals surface area (Å²) < 4.78 is 27.2. The summed E-state index contributed by atoms with van der Waals surface area (Å²) in [5, 5.41) is 4.45. The summed E-state index contributed by atoms with van der Waals surface area (Å²) in [7, 11) is -3.63. The number of thioether (sulfide) groups is 1. The zero-order chi connectivity index (χ0) is 17.9. The molecule has 1 amide bonds. The van der Waals surface area contributed by atoms with Gasteiger partial charge in [0.25, 0.3) is 5.91 Å². The van der Waals surface area contributed by atoms with Gasteiger partial charge in [-0.05, 0) is 35.6 Å². The van der Waals surface area contributed by atoms with E-state index in [1.807, 2.05) is 24.3 Å². The summed E-state index contributed by atoms with van der Waals surface area (Å²) in [6.45, 7) is 3.04. The number of hydrogen-bond donors (Lipinski definition) is 1. The molecule has 2 aromatic rings. The van der Waals surface area contributed by atoms with Crippen LogP contribution in [0, 0.1) is 0 Å². The minimum absolute atomic E-state index is 0.104. The summed E-state index contributed by atoms with van der Waals surface area (Å²) in [6, 6.07) is 9.10. The third kappa shape index (κ3) is 4.08. The van der Waals surface area contributed by atoms with Crippen molar-refractivity contribution >= 4 is 44.7 Å². The van der Waals surface area contributed by atoms with E-state index in [1.54, 1.807) is 17.1 Å². The molecule has 0 saturated carbocycles. The maximum absolute atomic E-state index is 12.9. The van der Waals surface area contributed by atoms with Crippen LogP contribution in [0.25, 0.3) is 0 Å². The predicted molar refractivity (Wildman–Crippen MR) is 104 cm³/mol. The van der Waals surface area contributed by atoms with Crippen LogP contribution < -0.4 is 5.32 Å². The Morgan fingerprint density at radius 3 is 2.48 bits per heavy atom. The van der Waals surface area contributed by atoms with Crippen molar-refractivity contribution in [2.75, 3.05) is 29.9 Å². The fourth-order valence-electron chi connectivity index (χ4n) is 2.60. The number of anilines is 1. The number of amides is 1. The lowest BCUT2D eigenvalue weighted by Crippen LogP contribution is -2.38. The average molecular weight is 397 g/mol. The Hall–Kier alpha value is -1.35. The molecule has 0 atom stereocenters. The van der Waals surface area contributed by atoms with Gasteiger partial charge in [-0.25, -0.2) is 8.42 Å². The molecule has 2 heterocycles. The first-order valence-electron chi connectivity index (χ1n) is 8.08. The Balaban J connectivity index is 1.81. The minimum atomic E-state index is -3.63. The van der Waals surface area contributed by atoms with Crippen LogP contribution in [0.5, 0.6) is 0 Å². The van der Waals surface area contributed by atoms with Gasteiger partial charge in [-0.3, -0.25) is 4.79 Å². The number of benzene rings is 1. The van der Waals surface area contributed by atoms with Crippen molar-refractivity contribution in [3.63, 3.8) is 0 Å². The maximum Gasteiger partial charge on any atom is 0.267 e. The van der Waals surface area contributed by atoms with E-state index in [4.69, 9.17) is 0 Å². The van der Waals surface area contributed by atoms with Gasteiger partial charge < -0.3 is 5.32 Å². The van der Waals surface area contributed by atoms with Crippen molar-refractivity contribution < 1.29 is 13.2 Å². The standard InChI is InChI=1S/C17H20N2O3S3/c1-2-13-3-5-14(6-4-13)18-17(20)16-15(7-10-24-16)25(21,22)19-8-11-23-12-9-19/h3-7,10H,2,8-9,11-12H2,1H3,(H,18,20). The van der Waals surface area contributed by atoms with E-state index in [2.05, 4.69) is 12.2 Å². The highest BCUT2D eigenvalue weighted by Gasteiger charge is 2.31. The molecule has 0 unspecified atom stereocenters. The molecule has 8 heteroatoms. The van der Waals surface area contributed by atoms with Gasteiger partial charge in [0, 0.05) is 30.3 Å².